The fraction of sp³-hybridized carbons (Fsp3) is 0.111. The van der Waals surface area contributed by atoms with Crippen molar-refractivity contribution in [1.82, 2.24) is 10.2 Å². The number of aromatic nitrogens is 2. The summed E-state index contributed by atoms with van der Waals surface area (Å²) >= 11 is 0. The second-order valence-corrected chi connectivity index (χ2v) is 5.26. The molecule has 0 saturated carbocycles. The Morgan fingerprint density at radius 3 is 2.50 bits per heavy atom. The molecule has 132 valence electrons. The number of benzene rings is 1. The highest BCUT2D eigenvalue weighted by molar-refractivity contribution is 6.03. The monoisotopic (exact) mass is 352 g/mol. The smallest absolute Gasteiger partial charge is 0.337 e. The van der Waals surface area contributed by atoms with Gasteiger partial charge in [-0.2, -0.15) is 0 Å². The summed E-state index contributed by atoms with van der Waals surface area (Å²) in [7, 11) is 1.31. The molecular weight excluding hydrogens is 336 g/mol. The van der Waals surface area contributed by atoms with Crippen LogP contribution in [0.3, 0.4) is 0 Å². The molecule has 2 N–H and O–H groups in total. The summed E-state index contributed by atoms with van der Waals surface area (Å²) in [5.41, 5.74) is 1.10. The van der Waals surface area contributed by atoms with Crippen molar-refractivity contribution in [3.05, 3.63) is 71.8 Å². The molecule has 0 aliphatic heterocycles. The number of rotatable bonds is 6. The van der Waals surface area contributed by atoms with E-state index in [0.29, 0.717) is 23.6 Å². The van der Waals surface area contributed by atoms with Crippen LogP contribution < -0.4 is 10.6 Å². The van der Waals surface area contributed by atoms with Crippen molar-refractivity contribution < 1.29 is 18.7 Å². The molecule has 2 aromatic heterocycles. The summed E-state index contributed by atoms with van der Waals surface area (Å²) in [5.74, 6) is 0.455. The van der Waals surface area contributed by atoms with Crippen LogP contribution in [0.2, 0.25) is 0 Å². The summed E-state index contributed by atoms with van der Waals surface area (Å²) in [6.45, 7) is 0.472. The Balaban J connectivity index is 1.58. The zero-order valence-electron chi connectivity index (χ0n) is 13.9. The fourth-order valence-corrected chi connectivity index (χ4v) is 2.14. The van der Waals surface area contributed by atoms with Crippen LogP contribution in [0.5, 0.6) is 0 Å². The van der Waals surface area contributed by atoms with E-state index in [1.807, 2.05) is 6.07 Å². The first-order valence-corrected chi connectivity index (χ1v) is 7.75. The first kappa shape index (κ1) is 17.2. The molecular formula is C18H16N4O4. The SMILES string of the molecule is COC(=O)c1ccc(NC(=O)c2ccc(NCc3ccco3)nn2)cc1. The second-order valence-electron chi connectivity index (χ2n) is 5.26. The van der Waals surface area contributed by atoms with Crippen LogP contribution in [0.4, 0.5) is 11.5 Å². The van der Waals surface area contributed by atoms with Gasteiger partial charge in [-0.3, -0.25) is 4.79 Å². The minimum atomic E-state index is -0.439. The molecule has 8 nitrogen and oxygen atoms in total. The molecule has 26 heavy (non-hydrogen) atoms. The lowest BCUT2D eigenvalue weighted by Crippen LogP contribution is -2.15. The Morgan fingerprint density at radius 1 is 1.08 bits per heavy atom. The number of furan rings is 1. The molecule has 0 atom stereocenters. The molecule has 3 rings (SSSR count). The maximum absolute atomic E-state index is 12.2. The summed E-state index contributed by atoms with van der Waals surface area (Å²) in [6, 6.07) is 13.2. The predicted octanol–water partition coefficient (Wildman–Crippen LogP) is 2.72. The topological polar surface area (TPSA) is 106 Å². The molecule has 3 aromatic rings. The highest BCUT2D eigenvalue weighted by Gasteiger charge is 2.10. The molecule has 0 aliphatic carbocycles. The van der Waals surface area contributed by atoms with E-state index in [9.17, 15) is 9.59 Å². The van der Waals surface area contributed by atoms with Gasteiger partial charge in [0.15, 0.2) is 5.69 Å². The van der Waals surface area contributed by atoms with E-state index in [2.05, 4.69) is 25.6 Å². The van der Waals surface area contributed by atoms with Gasteiger partial charge in [-0.15, -0.1) is 10.2 Å². The van der Waals surface area contributed by atoms with Gasteiger partial charge in [0.25, 0.3) is 5.91 Å². The maximum Gasteiger partial charge on any atom is 0.337 e. The quantitative estimate of drug-likeness (QED) is 0.657. The molecule has 0 unspecified atom stereocenters. The number of nitrogens with one attached hydrogen (secondary N) is 2. The van der Waals surface area contributed by atoms with Crippen molar-refractivity contribution in [1.29, 1.82) is 0 Å². The summed E-state index contributed by atoms with van der Waals surface area (Å²) in [5, 5.41) is 13.6. The van der Waals surface area contributed by atoms with Gasteiger partial charge < -0.3 is 19.8 Å². The Bertz CT molecular complexity index is 875. The molecule has 1 aromatic carbocycles. The van der Waals surface area contributed by atoms with Crippen molar-refractivity contribution in [3.8, 4) is 0 Å². The van der Waals surface area contributed by atoms with Gasteiger partial charge in [-0.1, -0.05) is 0 Å². The number of ether oxygens (including phenoxy) is 1. The summed E-state index contributed by atoms with van der Waals surface area (Å²) < 4.78 is 9.83. The first-order valence-electron chi connectivity index (χ1n) is 7.75. The third-order valence-corrected chi connectivity index (χ3v) is 3.48. The van der Waals surface area contributed by atoms with E-state index in [-0.39, 0.29) is 5.69 Å². The van der Waals surface area contributed by atoms with E-state index in [1.165, 1.54) is 7.11 Å². The normalized spacial score (nSPS) is 10.2. The Labute approximate surface area is 149 Å². The van der Waals surface area contributed by atoms with Crippen LogP contribution in [0.25, 0.3) is 0 Å². The van der Waals surface area contributed by atoms with E-state index in [4.69, 9.17) is 4.42 Å². The van der Waals surface area contributed by atoms with Crippen molar-refractivity contribution in [2.45, 2.75) is 6.54 Å². The predicted molar refractivity (Wildman–Crippen MR) is 93.8 cm³/mol. The van der Waals surface area contributed by atoms with Gasteiger partial charge in [0.05, 0.1) is 25.5 Å². The molecule has 0 fully saturated rings. The highest BCUT2D eigenvalue weighted by atomic mass is 16.5. The number of hydrogen-bond donors (Lipinski definition) is 2. The van der Waals surface area contributed by atoms with Crippen LogP contribution in [-0.2, 0) is 11.3 Å². The van der Waals surface area contributed by atoms with E-state index < -0.39 is 11.9 Å². The van der Waals surface area contributed by atoms with E-state index >= 15 is 0 Å². The van der Waals surface area contributed by atoms with Gasteiger partial charge in [-0.25, -0.2) is 4.79 Å². The number of methoxy groups -OCH3 is 1. The van der Waals surface area contributed by atoms with Crippen molar-refractivity contribution in [2.75, 3.05) is 17.7 Å². The number of esters is 1. The molecule has 1 amide bonds. The third kappa shape index (κ3) is 4.23. The van der Waals surface area contributed by atoms with Gasteiger partial charge in [-0.05, 0) is 48.5 Å². The lowest BCUT2D eigenvalue weighted by molar-refractivity contribution is 0.0600. The van der Waals surface area contributed by atoms with E-state index in [0.717, 1.165) is 5.76 Å². The van der Waals surface area contributed by atoms with Gasteiger partial charge in [0, 0.05) is 5.69 Å². The van der Waals surface area contributed by atoms with Crippen LogP contribution in [0.15, 0.2) is 59.2 Å². The summed E-state index contributed by atoms with van der Waals surface area (Å²) in [6.07, 6.45) is 1.59. The van der Waals surface area contributed by atoms with E-state index in [1.54, 1.807) is 48.7 Å². The number of amides is 1. The maximum atomic E-state index is 12.2. The highest BCUT2D eigenvalue weighted by Crippen LogP contribution is 2.12. The number of carbonyl (C=O) groups is 2. The third-order valence-electron chi connectivity index (χ3n) is 3.48. The average molecular weight is 352 g/mol. The lowest BCUT2D eigenvalue weighted by Gasteiger charge is -2.06. The molecule has 0 radical (unpaired) electrons. The first-order chi connectivity index (χ1) is 12.7. The van der Waals surface area contributed by atoms with Crippen molar-refractivity contribution >= 4 is 23.4 Å². The number of hydrogen-bond acceptors (Lipinski definition) is 7. The van der Waals surface area contributed by atoms with Crippen LogP contribution in [0, 0.1) is 0 Å². The minimum absolute atomic E-state index is 0.172. The fourth-order valence-electron chi connectivity index (χ4n) is 2.14. The number of carbonyl (C=O) groups excluding carboxylic acids is 2. The summed E-state index contributed by atoms with van der Waals surface area (Å²) in [4.78, 5) is 23.6. The average Bonchev–Trinajstić information content (AvgIpc) is 3.20. The van der Waals surface area contributed by atoms with Crippen molar-refractivity contribution in [2.24, 2.45) is 0 Å². The van der Waals surface area contributed by atoms with Gasteiger partial charge >= 0.3 is 5.97 Å². The van der Waals surface area contributed by atoms with Gasteiger partial charge in [0.2, 0.25) is 0 Å². The van der Waals surface area contributed by atoms with Gasteiger partial charge in [0.1, 0.15) is 11.6 Å². The lowest BCUT2D eigenvalue weighted by atomic mass is 10.2. The zero-order chi connectivity index (χ0) is 18.4. The molecule has 0 aliphatic rings. The van der Waals surface area contributed by atoms with Crippen LogP contribution in [0.1, 0.15) is 26.6 Å². The van der Waals surface area contributed by atoms with Crippen LogP contribution >= 0.6 is 0 Å². The largest absolute Gasteiger partial charge is 0.467 e. The zero-order valence-corrected chi connectivity index (χ0v) is 13.9. The molecule has 0 saturated heterocycles. The number of anilines is 2. The molecule has 2 heterocycles. The Kier molecular flexibility index (Phi) is 5.23. The van der Waals surface area contributed by atoms with Crippen molar-refractivity contribution in [3.63, 3.8) is 0 Å². The van der Waals surface area contributed by atoms with Crippen LogP contribution in [-0.4, -0.2) is 29.2 Å². The number of nitrogens with zero attached hydrogens (tertiary/aromatic N) is 2. The Morgan fingerprint density at radius 2 is 1.88 bits per heavy atom. The molecule has 8 heteroatoms. The second kappa shape index (κ2) is 7.93. The molecule has 0 spiro atoms. The molecule has 0 bridgehead atoms. The standard InChI is InChI=1S/C18H16N4O4/c1-25-18(24)12-4-6-13(7-5-12)20-17(23)15-8-9-16(22-21-15)19-11-14-3-2-10-26-14/h2-10H,11H2,1H3,(H,19,22)(H,20,23). The minimum Gasteiger partial charge on any atom is -0.467 e. The Hall–Kier alpha value is -3.68.